The van der Waals surface area contributed by atoms with Crippen LogP contribution in [0, 0.1) is 0 Å². The Hall–Kier alpha value is -5.99. The predicted octanol–water partition coefficient (Wildman–Crippen LogP) is 10.9. The standard InChI is InChI=1S/C45H32N2/c1-47-43-24-14-13-23-42(43)46-44(47)33-27-25-32(26-28-33)38-30-41-39(29-37(38)31-15-5-2-6-16-31)36-21-11-12-22-40(36)45(41,34-17-7-3-8-18-34)35-19-9-4-10-20-35/h2-30H,1H3. The van der Waals surface area contributed by atoms with Gasteiger partial charge in [0, 0.05) is 12.6 Å². The Labute approximate surface area is 275 Å². The molecule has 1 heterocycles. The van der Waals surface area contributed by atoms with E-state index in [2.05, 4.69) is 181 Å². The molecule has 1 aromatic heterocycles. The average molecular weight is 601 g/mol. The van der Waals surface area contributed by atoms with Crippen LogP contribution in [-0.4, -0.2) is 9.55 Å². The zero-order chi connectivity index (χ0) is 31.4. The first-order chi connectivity index (χ1) is 23.2. The van der Waals surface area contributed by atoms with E-state index in [1.807, 2.05) is 6.07 Å². The predicted molar refractivity (Wildman–Crippen MR) is 194 cm³/mol. The molecule has 7 aromatic carbocycles. The second-order valence-corrected chi connectivity index (χ2v) is 12.4. The summed E-state index contributed by atoms with van der Waals surface area (Å²) >= 11 is 0. The van der Waals surface area contributed by atoms with E-state index in [-0.39, 0.29) is 0 Å². The molecule has 0 radical (unpaired) electrons. The fraction of sp³-hybridized carbons (Fsp3) is 0.0444. The molecule has 0 N–H and O–H groups in total. The molecule has 0 atom stereocenters. The quantitative estimate of drug-likeness (QED) is 0.192. The van der Waals surface area contributed by atoms with Gasteiger partial charge in [-0.25, -0.2) is 4.98 Å². The van der Waals surface area contributed by atoms with Crippen LogP contribution in [0.25, 0.3) is 55.8 Å². The van der Waals surface area contributed by atoms with E-state index in [4.69, 9.17) is 4.98 Å². The van der Waals surface area contributed by atoms with Crippen LogP contribution in [0.1, 0.15) is 22.3 Å². The maximum atomic E-state index is 4.97. The van der Waals surface area contributed by atoms with Crippen LogP contribution in [0.15, 0.2) is 176 Å². The number of aromatic nitrogens is 2. The van der Waals surface area contributed by atoms with E-state index in [9.17, 15) is 0 Å². The molecule has 0 spiro atoms. The van der Waals surface area contributed by atoms with E-state index in [1.54, 1.807) is 0 Å². The second-order valence-electron chi connectivity index (χ2n) is 12.4. The summed E-state index contributed by atoms with van der Waals surface area (Å²) in [4.78, 5) is 4.97. The van der Waals surface area contributed by atoms with Gasteiger partial charge in [0.2, 0.25) is 0 Å². The number of benzene rings is 7. The summed E-state index contributed by atoms with van der Waals surface area (Å²) in [6.45, 7) is 0. The molecule has 0 aliphatic heterocycles. The fourth-order valence-electron chi connectivity index (χ4n) is 7.79. The summed E-state index contributed by atoms with van der Waals surface area (Å²) < 4.78 is 2.18. The molecule has 0 bridgehead atoms. The lowest BCUT2D eigenvalue weighted by molar-refractivity contribution is 0.769. The SMILES string of the molecule is Cn1c(-c2ccc(-c3cc4c(cc3-c3ccccc3)-c3ccccc3C4(c3ccccc3)c3ccccc3)cc2)nc2ccccc21. The highest BCUT2D eigenvalue weighted by molar-refractivity contribution is 5.95. The Kier molecular flexibility index (Phi) is 6.29. The first kappa shape index (κ1) is 27.3. The maximum Gasteiger partial charge on any atom is 0.140 e. The van der Waals surface area contributed by atoms with Crippen molar-refractivity contribution in [2.45, 2.75) is 5.41 Å². The van der Waals surface area contributed by atoms with E-state index in [1.165, 1.54) is 55.6 Å². The Morgan fingerprint density at radius 3 is 1.64 bits per heavy atom. The van der Waals surface area contributed by atoms with Crippen molar-refractivity contribution in [1.82, 2.24) is 9.55 Å². The first-order valence-corrected chi connectivity index (χ1v) is 16.2. The largest absolute Gasteiger partial charge is 0.327 e. The number of para-hydroxylation sites is 2. The zero-order valence-corrected chi connectivity index (χ0v) is 26.1. The van der Waals surface area contributed by atoms with Crippen molar-refractivity contribution < 1.29 is 0 Å². The number of rotatable bonds is 5. The molecule has 0 saturated carbocycles. The minimum atomic E-state index is -0.453. The van der Waals surface area contributed by atoms with Gasteiger partial charge in [-0.2, -0.15) is 0 Å². The van der Waals surface area contributed by atoms with Crippen LogP contribution in [0.5, 0.6) is 0 Å². The van der Waals surface area contributed by atoms with Crippen molar-refractivity contribution in [3.05, 3.63) is 198 Å². The summed E-state index contributed by atoms with van der Waals surface area (Å²) in [5.41, 5.74) is 15.4. The fourth-order valence-corrected chi connectivity index (χ4v) is 7.79. The highest BCUT2D eigenvalue weighted by Crippen LogP contribution is 2.57. The van der Waals surface area contributed by atoms with Crippen LogP contribution in [0.4, 0.5) is 0 Å². The van der Waals surface area contributed by atoms with Gasteiger partial charge in [-0.05, 0) is 79.9 Å². The lowest BCUT2D eigenvalue weighted by Crippen LogP contribution is -2.28. The van der Waals surface area contributed by atoms with Gasteiger partial charge in [0.05, 0.1) is 16.4 Å². The van der Waals surface area contributed by atoms with Crippen molar-refractivity contribution in [3.63, 3.8) is 0 Å². The number of nitrogens with zero attached hydrogens (tertiary/aromatic N) is 2. The number of imidazole rings is 1. The maximum absolute atomic E-state index is 4.97. The smallest absolute Gasteiger partial charge is 0.140 e. The second kappa shape index (κ2) is 10.8. The van der Waals surface area contributed by atoms with Gasteiger partial charge >= 0.3 is 0 Å². The van der Waals surface area contributed by atoms with Crippen LogP contribution >= 0.6 is 0 Å². The monoisotopic (exact) mass is 600 g/mol. The normalized spacial score (nSPS) is 13.0. The molecule has 47 heavy (non-hydrogen) atoms. The van der Waals surface area contributed by atoms with Crippen molar-refractivity contribution in [2.24, 2.45) is 7.05 Å². The Bertz CT molecular complexity index is 2350. The summed E-state index contributed by atoms with van der Waals surface area (Å²) in [6, 6.07) is 64.0. The molecule has 0 fully saturated rings. The number of aryl methyl sites for hydroxylation is 1. The summed E-state index contributed by atoms with van der Waals surface area (Å²) in [5, 5.41) is 0. The third-order valence-corrected chi connectivity index (χ3v) is 9.92. The number of fused-ring (bicyclic) bond motifs is 4. The number of hydrogen-bond donors (Lipinski definition) is 0. The molecular weight excluding hydrogens is 569 g/mol. The van der Waals surface area contributed by atoms with Gasteiger partial charge in [-0.15, -0.1) is 0 Å². The Morgan fingerprint density at radius 2 is 0.957 bits per heavy atom. The molecule has 222 valence electrons. The third kappa shape index (κ3) is 4.15. The molecule has 0 unspecified atom stereocenters. The highest BCUT2D eigenvalue weighted by atomic mass is 15.1. The lowest BCUT2D eigenvalue weighted by atomic mass is 9.67. The van der Waals surface area contributed by atoms with Crippen LogP contribution < -0.4 is 0 Å². The Morgan fingerprint density at radius 1 is 0.426 bits per heavy atom. The van der Waals surface area contributed by atoms with Crippen molar-refractivity contribution in [2.75, 3.05) is 0 Å². The van der Waals surface area contributed by atoms with Gasteiger partial charge in [-0.3, -0.25) is 0 Å². The van der Waals surface area contributed by atoms with Gasteiger partial charge < -0.3 is 4.57 Å². The first-order valence-electron chi connectivity index (χ1n) is 16.2. The molecule has 1 aliphatic rings. The minimum Gasteiger partial charge on any atom is -0.327 e. The van der Waals surface area contributed by atoms with Crippen LogP contribution in [-0.2, 0) is 12.5 Å². The highest BCUT2D eigenvalue weighted by Gasteiger charge is 2.46. The third-order valence-electron chi connectivity index (χ3n) is 9.92. The molecule has 9 rings (SSSR count). The molecular formula is C45H32N2. The minimum absolute atomic E-state index is 0.453. The molecule has 8 aromatic rings. The van der Waals surface area contributed by atoms with E-state index in [0.29, 0.717) is 0 Å². The van der Waals surface area contributed by atoms with E-state index < -0.39 is 5.41 Å². The van der Waals surface area contributed by atoms with Gasteiger partial charge in [0.25, 0.3) is 0 Å². The Balaban J connectivity index is 1.31. The molecule has 0 saturated heterocycles. The topological polar surface area (TPSA) is 17.8 Å². The van der Waals surface area contributed by atoms with Crippen molar-refractivity contribution in [1.29, 1.82) is 0 Å². The van der Waals surface area contributed by atoms with Crippen molar-refractivity contribution in [3.8, 4) is 44.8 Å². The lowest BCUT2D eigenvalue weighted by Gasteiger charge is -2.34. The van der Waals surface area contributed by atoms with Crippen LogP contribution in [0.2, 0.25) is 0 Å². The zero-order valence-electron chi connectivity index (χ0n) is 26.1. The summed E-state index contributed by atoms with van der Waals surface area (Å²) in [6.07, 6.45) is 0. The number of hydrogen-bond acceptors (Lipinski definition) is 1. The molecule has 1 aliphatic carbocycles. The van der Waals surface area contributed by atoms with E-state index >= 15 is 0 Å². The molecule has 0 amide bonds. The summed E-state index contributed by atoms with van der Waals surface area (Å²) in [5.74, 6) is 0.970. The van der Waals surface area contributed by atoms with Crippen LogP contribution in [0.3, 0.4) is 0 Å². The molecule has 2 heteroatoms. The summed E-state index contributed by atoms with van der Waals surface area (Å²) in [7, 11) is 2.09. The van der Waals surface area contributed by atoms with Gasteiger partial charge in [0.1, 0.15) is 5.82 Å². The van der Waals surface area contributed by atoms with Crippen molar-refractivity contribution >= 4 is 11.0 Å². The van der Waals surface area contributed by atoms with Gasteiger partial charge in [0.15, 0.2) is 0 Å². The van der Waals surface area contributed by atoms with Gasteiger partial charge in [-0.1, -0.05) is 152 Å². The molecule has 2 nitrogen and oxygen atoms in total. The average Bonchev–Trinajstić information content (AvgIpc) is 3.64. The van der Waals surface area contributed by atoms with E-state index in [0.717, 1.165) is 22.4 Å².